The van der Waals surface area contributed by atoms with Crippen LogP contribution in [0.3, 0.4) is 0 Å². The third kappa shape index (κ3) is 3.09. The van der Waals surface area contributed by atoms with Crippen molar-refractivity contribution in [2.75, 3.05) is 7.05 Å². The molecule has 19 heavy (non-hydrogen) atoms. The zero-order valence-electron chi connectivity index (χ0n) is 10.9. The number of carbonyl (C=O) groups excluding carboxylic acids is 1. The number of phenols is 1. The lowest BCUT2D eigenvalue weighted by molar-refractivity contribution is -0.132. The fourth-order valence-electron chi connectivity index (χ4n) is 1.76. The molecule has 0 radical (unpaired) electrons. The second kappa shape index (κ2) is 5.51. The van der Waals surface area contributed by atoms with Crippen LogP contribution in [0.4, 0.5) is 0 Å². The van der Waals surface area contributed by atoms with E-state index in [9.17, 15) is 9.90 Å². The van der Waals surface area contributed by atoms with Crippen molar-refractivity contribution in [2.45, 2.75) is 19.5 Å². The van der Waals surface area contributed by atoms with Crippen LogP contribution in [0, 0.1) is 0 Å². The molecule has 0 saturated heterocycles. The molecule has 0 bridgehead atoms. The van der Waals surface area contributed by atoms with Gasteiger partial charge < -0.3 is 10.0 Å². The normalized spacial score (nSPS) is 12.1. The number of nitrogens with zero attached hydrogens (tertiary/aromatic N) is 4. The van der Waals surface area contributed by atoms with Gasteiger partial charge in [-0.25, -0.2) is 4.68 Å². The first-order valence-electron chi connectivity index (χ1n) is 5.96. The molecule has 0 saturated carbocycles. The number of amides is 1. The Bertz CT molecular complexity index is 536. The first-order chi connectivity index (χ1) is 9.08. The highest BCUT2D eigenvalue weighted by atomic mass is 16.3. The topological polar surface area (TPSA) is 71.2 Å². The van der Waals surface area contributed by atoms with Gasteiger partial charge in [-0.3, -0.25) is 4.79 Å². The summed E-state index contributed by atoms with van der Waals surface area (Å²) >= 11 is 0. The summed E-state index contributed by atoms with van der Waals surface area (Å²) in [5.41, 5.74) is 0.965. The Morgan fingerprint density at radius 1 is 1.42 bits per heavy atom. The van der Waals surface area contributed by atoms with E-state index in [1.807, 2.05) is 6.92 Å². The lowest BCUT2D eigenvalue weighted by atomic mass is 10.1. The number of phenolic OH excluding ortho intramolecular Hbond substituents is 1. The molecule has 1 atom stereocenters. The van der Waals surface area contributed by atoms with Gasteiger partial charge in [-0.05, 0) is 24.6 Å². The smallest absolute Gasteiger partial charge is 0.244 e. The molecule has 0 spiro atoms. The summed E-state index contributed by atoms with van der Waals surface area (Å²) in [6.07, 6.45) is 3.19. The summed E-state index contributed by atoms with van der Waals surface area (Å²) in [7, 11) is 1.75. The van der Waals surface area contributed by atoms with Crippen molar-refractivity contribution >= 4 is 5.91 Å². The maximum atomic E-state index is 12.1. The van der Waals surface area contributed by atoms with E-state index >= 15 is 0 Å². The number of hydrogen-bond donors (Lipinski definition) is 1. The van der Waals surface area contributed by atoms with Gasteiger partial charge in [-0.1, -0.05) is 17.3 Å². The highest BCUT2D eigenvalue weighted by molar-refractivity contribution is 5.76. The average molecular weight is 260 g/mol. The molecular formula is C13H16N4O2. The van der Waals surface area contributed by atoms with Crippen LogP contribution in [0.15, 0.2) is 36.7 Å². The number of hydrogen-bond acceptors (Lipinski definition) is 4. The molecule has 1 aromatic carbocycles. The van der Waals surface area contributed by atoms with E-state index < -0.39 is 0 Å². The molecule has 6 heteroatoms. The molecule has 0 aliphatic heterocycles. The van der Waals surface area contributed by atoms with Gasteiger partial charge in [0.25, 0.3) is 0 Å². The average Bonchev–Trinajstić information content (AvgIpc) is 2.90. The molecule has 0 fully saturated rings. The molecule has 100 valence electrons. The summed E-state index contributed by atoms with van der Waals surface area (Å²) in [6, 6.07) is 6.76. The number of carbonyl (C=O) groups is 1. The Labute approximate surface area is 111 Å². The minimum Gasteiger partial charge on any atom is -0.508 e. The molecule has 0 aliphatic rings. The molecule has 2 rings (SSSR count). The molecule has 1 amide bonds. The van der Waals surface area contributed by atoms with Gasteiger partial charge >= 0.3 is 0 Å². The highest BCUT2D eigenvalue weighted by Gasteiger charge is 2.17. The van der Waals surface area contributed by atoms with E-state index in [2.05, 4.69) is 10.3 Å². The summed E-state index contributed by atoms with van der Waals surface area (Å²) in [6.45, 7) is 2.10. The Kier molecular flexibility index (Phi) is 3.79. The summed E-state index contributed by atoms with van der Waals surface area (Å²) in [5.74, 6) is 0.165. The van der Waals surface area contributed by atoms with Crippen LogP contribution in [0.1, 0.15) is 18.5 Å². The Morgan fingerprint density at radius 2 is 2.11 bits per heavy atom. The third-order valence-corrected chi connectivity index (χ3v) is 3.12. The lowest BCUT2D eigenvalue weighted by Gasteiger charge is -2.25. The van der Waals surface area contributed by atoms with E-state index in [1.54, 1.807) is 42.4 Å². The minimum atomic E-state index is -0.0726. The molecular weight excluding hydrogens is 244 g/mol. The van der Waals surface area contributed by atoms with E-state index in [0.29, 0.717) is 0 Å². The molecule has 2 aromatic rings. The van der Waals surface area contributed by atoms with Crippen LogP contribution in [-0.4, -0.2) is 38.0 Å². The number of aromatic nitrogens is 3. The Morgan fingerprint density at radius 3 is 2.68 bits per heavy atom. The van der Waals surface area contributed by atoms with Gasteiger partial charge in [-0.15, -0.1) is 5.10 Å². The minimum absolute atomic E-state index is 0.0499. The van der Waals surface area contributed by atoms with Crippen molar-refractivity contribution in [3.05, 3.63) is 42.2 Å². The summed E-state index contributed by atoms with van der Waals surface area (Å²) < 4.78 is 1.49. The number of rotatable bonds is 4. The van der Waals surface area contributed by atoms with Crippen molar-refractivity contribution in [3.63, 3.8) is 0 Å². The van der Waals surface area contributed by atoms with E-state index in [4.69, 9.17) is 0 Å². The van der Waals surface area contributed by atoms with Crippen molar-refractivity contribution < 1.29 is 9.90 Å². The van der Waals surface area contributed by atoms with Crippen LogP contribution < -0.4 is 0 Å². The van der Waals surface area contributed by atoms with Crippen LogP contribution in [0.25, 0.3) is 0 Å². The van der Waals surface area contributed by atoms with Gasteiger partial charge in [0.05, 0.1) is 12.2 Å². The van der Waals surface area contributed by atoms with E-state index in [1.165, 1.54) is 10.9 Å². The van der Waals surface area contributed by atoms with Gasteiger partial charge in [0.15, 0.2) is 0 Å². The van der Waals surface area contributed by atoms with Gasteiger partial charge in [0.2, 0.25) is 5.91 Å². The fourth-order valence-corrected chi connectivity index (χ4v) is 1.76. The van der Waals surface area contributed by atoms with Crippen molar-refractivity contribution in [2.24, 2.45) is 0 Å². The Balaban J connectivity index is 2.04. The molecule has 0 aliphatic carbocycles. The summed E-state index contributed by atoms with van der Waals surface area (Å²) in [5, 5.41) is 16.7. The summed E-state index contributed by atoms with van der Waals surface area (Å²) in [4.78, 5) is 13.7. The molecule has 1 heterocycles. The predicted molar refractivity (Wildman–Crippen MR) is 69.3 cm³/mol. The standard InChI is InChI=1S/C13H16N4O2/c1-10(11-3-5-12(18)6-4-11)16(2)13(19)9-17-8-7-14-15-17/h3-8,10,18H,9H2,1-2H3. The maximum Gasteiger partial charge on any atom is 0.244 e. The fraction of sp³-hybridized carbons (Fsp3) is 0.308. The first-order valence-corrected chi connectivity index (χ1v) is 5.96. The third-order valence-electron chi connectivity index (χ3n) is 3.12. The van der Waals surface area contributed by atoms with Crippen molar-refractivity contribution in [3.8, 4) is 5.75 Å². The number of benzene rings is 1. The zero-order chi connectivity index (χ0) is 13.8. The number of aromatic hydroxyl groups is 1. The second-order valence-electron chi connectivity index (χ2n) is 4.37. The molecule has 1 aromatic heterocycles. The lowest BCUT2D eigenvalue weighted by Crippen LogP contribution is -2.32. The van der Waals surface area contributed by atoms with Gasteiger partial charge in [-0.2, -0.15) is 0 Å². The molecule has 6 nitrogen and oxygen atoms in total. The molecule has 1 unspecified atom stereocenters. The number of likely N-dealkylation sites (N-methyl/N-ethyl adjacent to an activating group) is 1. The van der Waals surface area contributed by atoms with Crippen LogP contribution >= 0.6 is 0 Å². The maximum absolute atomic E-state index is 12.1. The molecule has 1 N–H and O–H groups in total. The predicted octanol–water partition coefficient (Wildman–Crippen LogP) is 1.20. The van der Waals surface area contributed by atoms with Crippen molar-refractivity contribution in [1.29, 1.82) is 0 Å². The second-order valence-corrected chi connectivity index (χ2v) is 4.37. The zero-order valence-corrected chi connectivity index (χ0v) is 10.9. The van der Waals surface area contributed by atoms with Gasteiger partial charge in [0, 0.05) is 13.2 Å². The van der Waals surface area contributed by atoms with Crippen molar-refractivity contribution in [1.82, 2.24) is 19.9 Å². The highest BCUT2D eigenvalue weighted by Crippen LogP contribution is 2.21. The van der Waals surface area contributed by atoms with E-state index in [-0.39, 0.29) is 24.2 Å². The van der Waals surface area contributed by atoms with Crippen LogP contribution in [0.5, 0.6) is 5.75 Å². The van der Waals surface area contributed by atoms with Crippen LogP contribution in [0.2, 0.25) is 0 Å². The Hall–Kier alpha value is -2.37. The first kappa shape index (κ1) is 13.1. The SMILES string of the molecule is CC(c1ccc(O)cc1)N(C)C(=O)Cn1ccnn1. The monoisotopic (exact) mass is 260 g/mol. The quantitative estimate of drug-likeness (QED) is 0.896. The van der Waals surface area contributed by atoms with E-state index in [0.717, 1.165) is 5.56 Å². The largest absolute Gasteiger partial charge is 0.508 e. The van der Waals surface area contributed by atoms with Crippen LogP contribution in [-0.2, 0) is 11.3 Å². The van der Waals surface area contributed by atoms with Gasteiger partial charge in [0.1, 0.15) is 12.3 Å².